The molecule has 1 heterocycles. The van der Waals surface area contributed by atoms with Gasteiger partial charge in [-0.2, -0.15) is 4.31 Å². The van der Waals surface area contributed by atoms with Crippen LogP contribution in [0.15, 0.2) is 14.1 Å². The molecule has 1 aromatic rings. The molecule has 18 heavy (non-hydrogen) atoms. The summed E-state index contributed by atoms with van der Waals surface area (Å²) in [6.07, 6.45) is 1.75. The van der Waals surface area contributed by atoms with Gasteiger partial charge in [0.2, 0.25) is 0 Å². The number of hydrogen-bond acceptors (Lipinski definition) is 3. The molecule has 0 N–H and O–H groups in total. The van der Waals surface area contributed by atoms with Crippen molar-refractivity contribution in [3.05, 3.63) is 14.9 Å². The minimum atomic E-state index is -3.48. The first-order chi connectivity index (χ1) is 8.43. The van der Waals surface area contributed by atoms with E-state index in [4.69, 9.17) is 23.2 Å². The molecule has 0 radical (unpaired) electrons. The van der Waals surface area contributed by atoms with Gasteiger partial charge >= 0.3 is 0 Å². The van der Waals surface area contributed by atoms with Crippen LogP contribution in [-0.2, 0) is 10.0 Å². The van der Waals surface area contributed by atoms with Gasteiger partial charge in [0, 0.05) is 19.0 Å². The normalized spacial score (nSPS) is 12.3. The topological polar surface area (TPSA) is 37.4 Å². The highest BCUT2D eigenvalue weighted by molar-refractivity contribution is 9.11. The lowest BCUT2D eigenvalue weighted by molar-refractivity contribution is 0.421. The fourth-order valence-electron chi connectivity index (χ4n) is 1.36. The number of thiophene rings is 1. The number of hydrogen-bond donors (Lipinski definition) is 0. The summed E-state index contributed by atoms with van der Waals surface area (Å²) in [7, 11) is -3.48. The van der Waals surface area contributed by atoms with Crippen molar-refractivity contribution in [2.24, 2.45) is 0 Å². The lowest BCUT2D eigenvalue weighted by Gasteiger charge is -2.19. The van der Waals surface area contributed by atoms with E-state index in [1.54, 1.807) is 0 Å². The summed E-state index contributed by atoms with van der Waals surface area (Å²) >= 11 is 15.9. The Kier molecular flexibility index (Phi) is 6.92. The summed E-state index contributed by atoms with van der Waals surface area (Å²) < 4.78 is 27.1. The minimum absolute atomic E-state index is 0.251. The molecular weight excluding hydrogens is 381 g/mol. The summed E-state index contributed by atoms with van der Waals surface area (Å²) in [4.78, 5) is 0. The second kappa shape index (κ2) is 7.45. The molecule has 1 aromatic heterocycles. The maximum atomic E-state index is 12.4. The minimum Gasteiger partial charge on any atom is -0.206 e. The Labute approximate surface area is 130 Å². The molecule has 0 saturated heterocycles. The van der Waals surface area contributed by atoms with Crippen LogP contribution in [0.25, 0.3) is 0 Å². The van der Waals surface area contributed by atoms with E-state index in [9.17, 15) is 8.42 Å². The zero-order valence-electron chi connectivity index (χ0n) is 9.83. The van der Waals surface area contributed by atoms with Crippen LogP contribution in [0, 0.1) is 0 Å². The standard InChI is InChI=1S/C10H14BrCl2NO2S2/c1-2-3-5-14(6-4-12)18(15,16)9-7-8(13)10(11)17-9/h7H,2-6H2,1H3. The van der Waals surface area contributed by atoms with E-state index < -0.39 is 10.0 Å². The third-order valence-electron chi connectivity index (χ3n) is 2.31. The predicted octanol–water partition coefficient (Wildman–Crippen LogP) is 4.19. The van der Waals surface area contributed by atoms with Gasteiger partial charge in [-0.25, -0.2) is 8.42 Å². The van der Waals surface area contributed by atoms with Crippen molar-refractivity contribution in [2.75, 3.05) is 19.0 Å². The van der Waals surface area contributed by atoms with Crippen molar-refractivity contribution in [1.82, 2.24) is 4.31 Å². The first kappa shape index (κ1) is 16.7. The molecule has 0 spiro atoms. The van der Waals surface area contributed by atoms with Gasteiger partial charge < -0.3 is 0 Å². The van der Waals surface area contributed by atoms with Gasteiger partial charge in [-0.1, -0.05) is 24.9 Å². The van der Waals surface area contributed by atoms with Crippen molar-refractivity contribution < 1.29 is 8.42 Å². The van der Waals surface area contributed by atoms with E-state index in [2.05, 4.69) is 15.9 Å². The predicted molar refractivity (Wildman–Crippen MR) is 81.4 cm³/mol. The molecule has 1 rings (SSSR count). The Morgan fingerprint density at radius 1 is 1.44 bits per heavy atom. The monoisotopic (exact) mass is 393 g/mol. The Balaban J connectivity index is 3.00. The molecular formula is C10H14BrCl2NO2S2. The van der Waals surface area contributed by atoms with Crippen LogP contribution in [0.1, 0.15) is 19.8 Å². The molecule has 104 valence electrons. The molecule has 0 bridgehead atoms. The van der Waals surface area contributed by atoms with E-state index in [-0.39, 0.29) is 10.1 Å². The third kappa shape index (κ3) is 4.08. The van der Waals surface area contributed by atoms with Crippen LogP contribution in [-0.4, -0.2) is 31.7 Å². The highest BCUT2D eigenvalue weighted by atomic mass is 79.9. The van der Waals surface area contributed by atoms with Crippen LogP contribution in [0.2, 0.25) is 5.02 Å². The smallest absolute Gasteiger partial charge is 0.206 e. The molecule has 0 unspecified atom stereocenters. The average Bonchev–Trinajstić information content (AvgIpc) is 2.65. The fourth-order valence-corrected chi connectivity index (χ4v) is 5.70. The van der Waals surface area contributed by atoms with Gasteiger partial charge in [-0.05, 0) is 28.4 Å². The van der Waals surface area contributed by atoms with Crippen molar-refractivity contribution in [2.45, 2.75) is 24.0 Å². The second-order valence-corrected chi connectivity index (χ2v) is 8.95. The zero-order chi connectivity index (χ0) is 13.8. The van der Waals surface area contributed by atoms with Gasteiger partial charge in [0.05, 0.1) is 8.81 Å². The summed E-state index contributed by atoms with van der Waals surface area (Å²) in [5.41, 5.74) is 0. The van der Waals surface area contributed by atoms with E-state index in [1.165, 1.54) is 10.4 Å². The molecule has 8 heteroatoms. The van der Waals surface area contributed by atoms with Crippen molar-refractivity contribution in [3.8, 4) is 0 Å². The number of nitrogens with zero attached hydrogens (tertiary/aromatic N) is 1. The maximum Gasteiger partial charge on any atom is 0.252 e. The Morgan fingerprint density at radius 2 is 2.11 bits per heavy atom. The summed E-state index contributed by atoms with van der Waals surface area (Å²) in [6.45, 7) is 2.82. The highest BCUT2D eigenvalue weighted by Crippen LogP contribution is 2.35. The number of halogens is 3. The van der Waals surface area contributed by atoms with E-state index in [1.807, 2.05) is 6.92 Å². The third-order valence-corrected chi connectivity index (χ3v) is 7.30. The van der Waals surface area contributed by atoms with Crippen LogP contribution in [0.4, 0.5) is 0 Å². The molecule has 0 atom stereocenters. The summed E-state index contributed by atoms with van der Waals surface area (Å²) in [5, 5.41) is 0.417. The Morgan fingerprint density at radius 3 is 2.56 bits per heavy atom. The number of rotatable bonds is 7. The second-order valence-electron chi connectivity index (χ2n) is 3.63. The van der Waals surface area contributed by atoms with Gasteiger partial charge in [-0.15, -0.1) is 22.9 Å². The molecule has 3 nitrogen and oxygen atoms in total. The highest BCUT2D eigenvalue weighted by Gasteiger charge is 2.26. The first-order valence-electron chi connectivity index (χ1n) is 5.44. The van der Waals surface area contributed by atoms with Gasteiger partial charge in [0.15, 0.2) is 0 Å². The fraction of sp³-hybridized carbons (Fsp3) is 0.600. The number of unbranched alkanes of at least 4 members (excludes halogenated alkanes) is 1. The number of sulfonamides is 1. The Bertz CT molecular complexity index is 471. The summed E-state index contributed by atoms with van der Waals surface area (Å²) in [6, 6.07) is 1.47. The van der Waals surface area contributed by atoms with Crippen LogP contribution in [0.5, 0.6) is 0 Å². The molecule has 0 saturated carbocycles. The molecule has 0 aromatic carbocycles. The Hall–Kier alpha value is 0.670. The van der Waals surface area contributed by atoms with Gasteiger partial charge in [0.25, 0.3) is 10.0 Å². The lowest BCUT2D eigenvalue weighted by atomic mass is 10.3. The van der Waals surface area contributed by atoms with Crippen LogP contribution < -0.4 is 0 Å². The summed E-state index contributed by atoms with van der Waals surface area (Å²) in [5.74, 6) is 0.281. The van der Waals surface area contributed by atoms with Gasteiger partial charge in [0.1, 0.15) is 4.21 Å². The lowest BCUT2D eigenvalue weighted by Crippen LogP contribution is -2.33. The van der Waals surface area contributed by atoms with Crippen LogP contribution in [0.3, 0.4) is 0 Å². The zero-order valence-corrected chi connectivity index (χ0v) is 14.6. The quantitative estimate of drug-likeness (QED) is 0.650. The molecule has 0 aliphatic heterocycles. The SMILES string of the molecule is CCCCN(CCCl)S(=O)(=O)c1cc(Cl)c(Br)s1. The first-order valence-corrected chi connectivity index (χ1v) is 9.40. The van der Waals surface area contributed by atoms with Crippen molar-refractivity contribution in [3.63, 3.8) is 0 Å². The molecule has 0 amide bonds. The molecule has 0 fully saturated rings. The van der Waals surface area contributed by atoms with Crippen molar-refractivity contribution in [1.29, 1.82) is 0 Å². The van der Waals surface area contributed by atoms with E-state index in [0.717, 1.165) is 24.2 Å². The molecule has 0 aliphatic rings. The van der Waals surface area contributed by atoms with Crippen molar-refractivity contribution >= 4 is 60.5 Å². The number of alkyl halides is 1. The van der Waals surface area contributed by atoms with E-state index in [0.29, 0.717) is 21.9 Å². The largest absolute Gasteiger partial charge is 0.252 e. The maximum absolute atomic E-state index is 12.4. The molecule has 0 aliphatic carbocycles. The van der Waals surface area contributed by atoms with E-state index >= 15 is 0 Å². The average molecular weight is 395 g/mol. The van der Waals surface area contributed by atoms with Gasteiger partial charge in [-0.3, -0.25) is 0 Å². The van der Waals surface area contributed by atoms with Crippen LogP contribution >= 0.6 is 50.5 Å².